The average molecular weight is 323 g/mol. The fraction of sp³-hybridized carbons (Fsp3) is 0.133. The van der Waals surface area contributed by atoms with Crippen LogP contribution in [0.25, 0.3) is 0 Å². The molecule has 2 aromatic carbocycles. The molecule has 0 aliphatic heterocycles. The molecule has 7 heteroatoms. The fourth-order valence-corrected chi connectivity index (χ4v) is 3.22. The van der Waals surface area contributed by atoms with Gasteiger partial charge in [-0.1, -0.05) is 12.1 Å². The number of nitrogens with zero attached hydrogens (tertiary/aromatic N) is 1. The van der Waals surface area contributed by atoms with Crippen molar-refractivity contribution in [1.82, 2.24) is 0 Å². The smallest absolute Gasteiger partial charge is 0.335 e. The lowest BCUT2D eigenvalue weighted by Crippen LogP contribution is -2.27. The first-order chi connectivity index (χ1) is 10.2. The molecule has 2 rings (SSSR count). The number of aromatic carboxylic acids is 1. The van der Waals surface area contributed by atoms with Gasteiger partial charge in [0.15, 0.2) is 0 Å². The van der Waals surface area contributed by atoms with E-state index in [1.165, 1.54) is 7.05 Å². The molecule has 5 nitrogen and oxygen atoms in total. The summed E-state index contributed by atoms with van der Waals surface area (Å²) in [4.78, 5) is 10.3. The third-order valence-corrected chi connectivity index (χ3v) is 4.98. The van der Waals surface area contributed by atoms with Crippen molar-refractivity contribution in [2.75, 3.05) is 11.4 Å². The average Bonchev–Trinajstić information content (AvgIpc) is 2.46. The van der Waals surface area contributed by atoms with Gasteiger partial charge >= 0.3 is 5.97 Å². The molecule has 0 radical (unpaired) electrons. The lowest BCUT2D eigenvalue weighted by molar-refractivity contribution is 0.0696. The molecular weight excluding hydrogens is 309 g/mol. The number of carboxylic acids is 1. The van der Waals surface area contributed by atoms with Crippen molar-refractivity contribution in [2.24, 2.45) is 0 Å². The minimum Gasteiger partial charge on any atom is -0.478 e. The van der Waals surface area contributed by atoms with Gasteiger partial charge in [0.1, 0.15) is 10.7 Å². The van der Waals surface area contributed by atoms with E-state index < -0.39 is 26.7 Å². The van der Waals surface area contributed by atoms with Crippen LogP contribution in [0, 0.1) is 12.7 Å². The largest absolute Gasteiger partial charge is 0.478 e. The molecule has 0 atom stereocenters. The zero-order chi connectivity index (χ0) is 16.5. The molecule has 0 fully saturated rings. The number of rotatable bonds is 4. The number of sulfonamides is 1. The maximum absolute atomic E-state index is 13.9. The molecule has 0 aromatic heterocycles. The summed E-state index contributed by atoms with van der Waals surface area (Å²) in [5.74, 6) is -2.32. The summed E-state index contributed by atoms with van der Waals surface area (Å²) in [5, 5.41) is 8.93. The minimum absolute atomic E-state index is 0.294. The Labute approximate surface area is 127 Å². The second-order valence-electron chi connectivity index (χ2n) is 4.76. The second kappa shape index (κ2) is 5.76. The Balaban J connectivity index is 2.55. The predicted octanol–water partition coefficient (Wildman–Crippen LogP) is 2.66. The van der Waals surface area contributed by atoms with Crippen molar-refractivity contribution >= 4 is 21.7 Å². The van der Waals surface area contributed by atoms with Crippen LogP contribution in [0.3, 0.4) is 0 Å². The van der Waals surface area contributed by atoms with Crippen molar-refractivity contribution in [3.8, 4) is 0 Å². The maximum atomic E-state index is 13.9. The number of carbonyl (C=O) groups is 1. The van der Waals surface area contributed by atoms with Crippen LogP contribution in [0.15, 0.2) is 47.4 Å². The Bertz CT molecular complexity index is 833. The van der Waals surface area contributed by atoms with Gasteiger partial charge in [0, 0.05) is 7.05 Å². The quantitative estimate of drug-likeness (QED) is 0.938. The monoisotopic (exact) mass is 323 g/mol. The summed E-state index contributed by atoms with van der Waals surface area (Å²) in [6, 6.07) is 9.36. The first kappa shape index (κ1) is 16.0. The number of halogens is 1. The molecule has 0 unspecified atom stereocenters. The van der Waals surface area contributed by atoms with E-state index in [-0.39, 0.29) is 5.56 Å². The maximum Gasteiger partial charge on any atom is 0.335 e. The highest BCUT2D eigenvalue weighted by atomic mass is 32.2. The van der Waals surface area contributed by atoms with Gasteiger partial charge in [-0.15, -0.1) is 0 Å². The van der Waals surface area contributed by atoms with E-state index in [0.29, 0.717) is 5.69 Å². The molecular formula is C15H14FNO4S. The standard InChI is InChI=1S/C15H14FNO4S/c1-10-4-3-5-12(8-10)17(2)22(20,21)14-9-11(15(18)19)6-7-13(14)16/h3-9H,1-2H3,(H,18,19). The lowest BCUT2D eigenvalue weighted by atomic mass is 10.2. The molecule has 116 valence electrons. The van der Waals surface area contributed by atoms with Crippen LogP contribution in [-0.4, -0.2) is 26.5 Å². The fourth-order valence-electron chi connectivity index (χ4n) is 1.94. The van der Waals surface area contributed by atoms with E-state index in [0.717, 1.165) is 28.1 Å². The number of benzene rings is 2. The predicted molar refractivity (Wildman–Crippen MR) is 80.1 cm³/mol. The van der Waals surface area contributed by atoms with Crippen LogP contribution in [0.4, 0.5) is 10.1 Å². The van der Waals surface area contributed by atoms with E-state index in [1.807, 2.05) is 0 Å². The highest BCUT2D eigenvalue weighted by Crippen LogP contribution is 2.25. The summed E-state index contributed by atoms with van der Waals surface area (Å²) in [6.45, 7) is 1.80. The summed E-state index contributed by atoms with van der Waals surface area (Å²) < 4.78 is 39.9. The van der Waals surface area contributed by atoms with Crippen molar-refractivity contribution in [2.45, 2.75) is 11.8 Å². The first-order valence-corrected chi connectivity index (χ1v) is 7.76. The van der Waals surface area contributed by atoms with Crippen molar-refractivity contribution < 1.29 is 22.7 Å². The zero-order valence-electron chi connectivity index (χ0n) is 11.9. The molecule has 0 heterocycles. The highest BCUT2D eigenvalue weighted by molar-refractivity contribution is 7.92. The molecule has 22 heavy (non-hydrogen) atoms. The topological polar surface area (TPSA) is 74.7 Å². The van der Waals surface area contributed by atoms with E-state index >= 15 is 0 Å². The Hall–Kier alpha value is -2.41. The van der Waals surface area contributed by atoms with Crippen LogP contribution in [0.5, 0.6) is 0 Å². The van der Waals surface area contributed by atoms with Gasteiger partial charge in [-0.25, -0.2) is 17.6 Å². The van der Waals surface area contributed by atoms with Gasteiger partial charge in [0.05, 0.1) is 11.3 Å². The molecule has 1 N–H and O–H groups in total. The highest BCUT2D eigenvalue weighted by Gasteiger charge is 2.26. The third-order valence-electron chi connectivity index (χ3n) is 3.18. The van der Waals surface area contributed by atoms with Crippen molar-refractivity contribution in [1.29, 1.82) is 0 Å². The summed E-state index contributed by atoms with van der Waals surface area (Å²) >= 11 is 0. The van der Waals surface area contributed by atoms with Gasteiger partial charge in [0.2, 0.25) is 0 Å². The molecule has 0 bridgehead atoms. The summed E-state index contributed by atoms with van der Waals surface area (Å²) in [7, 11) is -2.91. The van der Waals surface area contributed by atoms with Crippen LogP contribution < -0.4 is 4.31 Å². The Kier molecular flexibility index (Phi) is 4.18. The van der Waals surface area contributed by atoms with Gasteiger partial charge in [-0.3, -0.25) is 4.31 Å². The Morgan fingerprint density at radius 2 is 1.86 bits per heavy atom. The number of aryl methyl sites for hydroxylation is 1. The first-order valence-electron chi connectivity index (χ1n) is 6.32. The summed E-state index contributed by atoms with van der Waals surface area (Å²) in [6.07, 6.45) is 0. The molecule has 0 saturated carbocycles. The van der Waals surface area contributed by atoms with Crippen LogP contribution >= 0.6 is 0 Å². The SMILES string of the molecule is Cc1cccc(N(C)S(=O)(=O)c2cc(C(=O)O)ccc2F)c1. The van der Waals surface area contributed by atoms with Crippen molar-refractivity contribution in [3.05, 3.63) is 59.4 Å². The Morgan fingerprint density at radius 1 is 1.18 bits per heavy atom. The van der Waals surface area contributed by atoms with E-state index in [1.54, 1.807) is 31.2 Å². The lowest BCUT2D eigenvalue weighted by Gasteiger charge is -2.20. The van der Waals surface area contributed by atoms with Gasteiger partial charge in [-0.2, -0.15) is 0 Å². The molecule has 0 amide bonds. The zero-order valence-corrected chi connectivity index (χ0v) is 12.8. The molecule has 0 saturated heterocycles. The second-order valence-corrected chi connectivity index (χ2v) is 6.70. The van der Waals surface area contributed by atoms with Gasteiger partial charge in [-0.05, 0) is 42.8 Å². The number of hydrogen-bond donors (Lipinski definition) is 1. The Morgan fingerprint density at radius 3 is 2.45 bits per heavy atom. The van der Waals surface area contributed by atoms with Crippen LogP contribution in [0.2, 0.25) is 0 Å². The molecule has 2 aromatic rings. The molecule has 0 aliphatic carbocycles. The number of carboxylic acid groups (broad SMARTS) is 1. The van der Waals surface area contributed by atoms with Crippen molar-refractivity contribution in [3.63, 3.8) is 0 Å². The van der Waals surface area contributed by atoms with Crippen LogP contribution in [0.1, 0.15) is 15.9 Å². The van der Waals surface area contributed by atoms with E-state index in [9.17, 15) is 17.6 Å². The molecule has 0 spiro atoms. The summed E-state index contributed by atoms with van der Waals surface area (Å²) in [5.41, 5.74) is 0.914. The van der Waals surface area contributed by atoms with Crippen LogP contribution in [-0.2, 0) is 10.0 Å². The van der Waals surface area contributed by atoms with Gasteiger partial charge in [0.25, 0.3) is 10.0 Å². The number of hydrogen-bond acceptors (Lipinski definition) is 3. The van der Waals surface area contributed by atoms with E-state index in [2.05, 4.69) is 0 Å². The third kappa shape index (κ3) is 2.94. The molecule has 0 aliphatic rings. The minimum atomic E-state index is -4.20. The normalized spacial score (nSPS) is 11.2. The van der Waals surface area contributed by atoms with Gasteiger partial charge < -0.3 is 5.11 Å². The number of anilines is 1. The van der Waals surface area contributed by atoms with E-state index in [4.69, 9.17) is 5.11 Å².